The molecule has 1 aromatic rings. The topological polar surface area (TPSA) is 67.7 Å². The highest BCUT2D eigenvalue weighted by atomic mass is 19.4. The Hall–Kier alpha value is -2.10. The normalized spacial score (nSPS) is 15.8. The fourth-order valence-corrected chi connectivity index (χ4v) is 2.13. The first kappa shape index (κ1) is 17.3. The first-order chi connectivity index (χ1) is 10.8. The van der Waals surface area contributed by atoms with E-state index in [1.165, 1.54) is 29.2 Å². The van der Waals surface area contributed by atoms with Crippen molar-refractivity contribution in [3.63, 3.8) is 0 Å². The average Bonchev–Trinajstić information content (AvgIpc) is 2.86. The minimum Gasteiger partial charge on any atom is -0.370 e. The summed E-state index contributed by atoms with van der Waals surface area (Å²) >= 11 is 0. The third kappa shape index (κ3) is 4.95. The van der Waals surface area contributed by atoms with E-state index >= 15 is 0 Å². The molecule has 1 aliphatic rings. The molecule has 0 atom stereocenters. The average molecular weight is 334 g/mol. The van der Waals surface area contributed by atoms with Crippen molar-refractivity contribution in [2.24, 2.45) is 0 Å². The monoisotopic (exact) mass is 334 g/mol. The Morgan fingerprint density at radius 1 is 1.48 bits per heavy atom. The highest BCUT2D eigenvalue weighted by Gasteiger charge is 2.29. The molecule has 2 heterocycles. The second kappa shape index (κ2) is 6.99. The summed E-state index contributed by atoms with van der Waals surface area (Å²) in [6.07, 6.45) is -1.89. The molecule has 0 aliphatic carbocycles. The quantitative estimate of drug-likeness (QED) is 0.775. The molecule has 0 saturated carbocycles. The van der Waals surface area contributed by atoms with Gasteiger partial charge in [0.2, 0.25) is 11.8 Å². The number of morpholine rings is 1. The summed E-state index contributed by atoms with van der Waals surface area (Å²) in [6.45, 7) is -0.738. The fourth-order valence-electron chi connectivity index (χ4n) is 2.13. The Balaban J connectivity index is 1.93. The number of nitrogens with zero attached hydrogens (tertiary/aromatic N) is 4. The summed E-state index contributed by atoms with van der Waals surface area (Å²) in [5, 5.41) is 0. The number of imidazole rings is 1. The van der Waals surface area contributed by atoms with Crippen molar-refractivity contribution < 1.29 is 27.5 Å². The van der Waals surface area contributed by atoms with E-state index in [9.17, 15) is 22.8 Å². The number of alkyl halides is 3. The molecule has 2 rings (SSSR count). The maximum atomic E-state index is 12.5. The van der Waals surface area contributed by atoms with Crippen molar-refractivity contribution in [2.75, 3.05) is 33.4 Å². The van der Waals surface area contributed by atoms with Crippen LogP contribution in [0.3, 0.4) is 0 Å². The minimum atomic E-state index is -4.36. The van der Waals surface area contributed by atoms with Crippen LogP contribution in [-0.2, 0) is 27.4 Å². The predicted molar refractivity (Wildman–Crippen MR) is 72.2 cm³/mol. The highest BCUT2D eigenvalue weighted by Crippen LogP contribution is 2.18. The van der Waals surface area contributed by atoms with Gasteiger partial charge in [-0.15, -0.1) is 0 Å². The lowest BCUT2D eigenvalue weighted by Crippen LogP contribution is -2.47. The SMILES string of the molecule is CN(Cc1nccn1CC(F)(F)F)C(=O)CN1CCOCC1=O. The number of rotatable bonds is 5. The van der Waals surface area contributed by atoms with Crippen LogP contribution in [0.2, 0.25) is 0 Å². The summed E-state index contributed by atoms with van der Waals surface area (Å²) in [4.78, 5) is 30.1. The summed E-state index contributed by atoms with van der Waals surface area (Å²) in [5.41, 5.74) is 0. The van der Waals surface area contributed by atoms with E-state index in [1.54, 1.807) is 0 Å². The third-order valence-electron chi connectivity index (χ3n) is 3.37. The van der Waals surface area contributed by atoms with Gasteiger partial charge in [-0.3, -0.25) is 9.59 Å². The van der Waals surface area contributed by atoms with Crippen LogP contribution in [0.4, 0.5) is 13.2 Å². The Morgan fingerprint density at radius 3 is 2.87 bits per heavy atom. The van der Waals surface area contributed by atoms with Gasteiger partial charge in [0.1, 0.15) is 19.0 Å². The Morgan fingerprint density at radius 2 is 2.22 bits per heavy atom. The second-order valence-electron chi connectivity index (χ2n) is 5.20. The van der Waals surface area contributed by atoms with Gasteiger partial charge in [0.15, 0.2) is 0 Å². The number of carbonyl (C=O) groups is 2. The lowest BCUT2D eigenvalue weighted by molar-refractivity contribution is -0.148. The van der Waals surface area contributed by atoms with E-state index in [0.29, 0.717) is 13.2 Å². The molecule has 10 heteroatoms. The Bertz CT molecular complexity index is 573. The molecule has 1 saturated heterocycles. The molecule has 7 nitrogen and oxygen atoms in total. The van der Waals surface area contributed by atoms with Crippen LogP contribution < -0.4 is 0 Å². The number of hydrogen-bond acceptors (Lipinski definition) is 4. The van der Waals surface area contributed by atoms with Crippen LogP contribution in [-0.4, -0.2) is 70.7 Å². The van der Waals surface area contributed by atoms with E-state index in [4.69, 9.17) is 4.74 Å². The van der Waals surface area contributed by atoms with Crippen molar-refractivity contribution in [3.8, 4) is 0 Å². The number of likely N-dealkylation sites (N-methyl/N-ethyl adjacent to an activating group) is 1. The molecule has 23 heavy (non-hydrogen) atoms. The van der Waals surface area contributed by atoms with Crippen molar-refractivity contribution in [1.29, 1.82) is 0 Å². The first-order valence-electron chi connectivity index (χ1n) is 6.92. The molecule has 1 aromatic heterocycles. The van der Waals surface area contributed by atoms with E-state index < -0.39 is 12.7 Å². The third-order valence-corrected chi connectivity index (χ3v) is 3.37. The summed E-state index contributed by atoms with van der Waals surface area (Å²) in [6, 6.07) is 0. The fraction of sp³-hybridized carbons (Fsp3) is 0.615. The van der Waals surface area contributed by atoms with Crippen molar-refractivity contribution in [3.05, 3.63) is 18.2 Å². The number of halogens is 3. The molecular formula is C13H17F3N4O3. The lowest BCUT2D eigenvalue weighted by Gasteiger charge is -2.28. The van der Waals surface area contributed by atoms with E-state index in [0.717, 1.165) is 4.57 Å². The van der Waals surface area contributed by atoms with Gasteiger partial charge in [-0.1, -0.05) is 0 Å². The van der Waals surface area contributed by atoms with Crippen LogP contribution >= 0.6 is 0 Å². The molecule has 128 valence electrons. The van der Waals surface area contributed by atoms with Gasteiger partial charge in [-0.25, -0.2) is 4.98 Å². The molecule has 0 bridgehead atoms. The van der Waals surface area contributed by atoms with Crippen molar-refractivity contribution in [2.45, 2.75) is 19.3 Å². The van der Waals surface area contributed by atoms with E-state index in [1.807, 2.05) is 0 Å². The zero-order chi connectivity index (χ0) is 17.0. The number of carbonyl (C=O) groups excluding carboxylic acids is 2. The molecule has 0 aromatic carbocycles. The van der Waals surface area contributed by atoms with Crippen molar-refractivity contribution >= 4 is 11.8 Å². The Labute approximate surface area is 130 Å². The number of hydrogen-bond donors (Lipinski definition) is 0. The number of ether oxygens (including phenoxy) is 1. The minimum absolute atomic E-state index is 0.0625. The highest BCUT2D eigenvalue weighted by molar-refractivity contribution is 5.85. The number of amides is 2. The molecule has 2 amide bonds. The molecule has 0 spiro atoms. The summed E-state index contributed by atoms with van der Waals surface area (Å²) < 4.78 is 43.3. The van der Waals surface area contributed by atoms with Crippen LogP contribution in [0.25, 0.3) is 0 Å². The maximum Gasteiger partial charge on any atom is 0.406 e. The molecule has 1 aliphatic heterocycles. The summed E-state index contributed by atoms with van der Waals surface area (Å²) in [5.74, 6) is -0.523. The van der Waals surface area contributed by atoms with E-state index in [-0.39, 0.29) is 37.3 Å². The lowest BCUT2D eigenvalue weighted by atomic mass is 10.3. The predicted octanol–water partition coefficient (Wildman–Crippen LogP) is 0.263. The van der Waals surface area contributed by atoms with Gasteiger partial charge in [0.05, 0.1) is 19.7 Å². The van der Waals surface area contributed by atoms with Gasteiger partial charge in [0, 0.05) is 26.0 Å². The zero-order valence-corrected chi connectivity index (χ0v) is 12.5. The molecule has 0 radical (unpaired) electrons. The molecule has 0 N–H and O–H groups in total. The van der Waals surface area contributed by atoms with Crippen LogP contribution in [0.1, 0.15) is 5.82 Å². The van der Waals surface area contributed by atoms with Crippen LogP contribution in [0, 0.1) is 0 Å². The van der Waals surface area contributed by atoms with Crippen molar-refractivity contribution in [1.82, 2.24) is 19.4 Å². The molecular weight excluding hydrogens is 317 g/mol. The standard InChI is InChI=1S/C13H17F3N4O3/c1-18(11(21)7-19-4-5-23-8-12(19)22)6-10-17-2-3-20(10)9-13(14,15)16/h2-3H,4-9H2,1H3. The van der Waals surface area contributed by atoms with Gasteiger partial charge in [0.25, 0.3) is 0 Å². The molecule has 1 fully saturated rings. The zero-order valence-electron chi connectivity index (χ0n) is 12.5. The number of aromatic nitrogens is 2. The van der Waals surface area contributed by atoms with Gasteiger partial charge in [-0.2, -0.15) is 13.2 Å². The second-order valence-corrected chi connectivity index (χ2v) is 5.20. The first-order valence-corrected chi connectivity index (χ1v) is 6.92. The van der Waals surface area contributed by atoms with E-state index in [2.05, 4.69) is 4.98 Å². The molecule has 0 unspecified atom stereocenters. The largest absolute Gasteiger partial charge is 0.406 e. The van der Waals surface area contributed by atoms with Crippen LogP contribution in [0.15, 0.2) is 12.4 Å². The Kier molecular flexibility index (Phi) is 5.24. The smallest absolute Gasteiger partial charge is 0.370 e. The van der Waals surface area contributed by atoms with Gasteiger partial charge in [-0.05, 0) is 0 Å². The van der Waals surface area contributed by atoms with Gasteiger partial charge >= 0.3 is 6.18 Å². The van der Waals surface area contributed by atoms with Gasteiger partial charge < -0.3 is 19.1 Å². The maximum absolute atomic E-state index is 12.5. The van der Waals surface area contributed by atoms with Crippen LogP contribution in [0.5, 0.6) is 0 Å². The summed E-state index contributed by atoms with van der Waals surface area (Å²) in [7, 11) is 1.46.